The van der Waals surface area contributed by atoms with Crippen molar-refractivity contribution in [1.29, 1.82) is 0 Å². The van der Waals surface area contributed by atoms with Gasteiger partial charge in [-0.25, -0.2) is 0 Å². The van der Waals surface area contributed by atoms with Crippen LogP contribution in [0.2, 0.25) is 0 Å². The topological polar surface area (TPSA) is 43.4 Å². The Labute approximate surface area is 152 Å². The molecule has 0 N–H and O–H groups in total. The summed E-state index contributed by atoms with van der Waals surface area (Å²) in [7, 11) is -3.44. The number of hydrogen-bond donors (Lipinski definition) is 0. The summed E-state index contributed by atoms with van der Waals surface area (Å²) in [4.78, 5) is 0. The second-order valence-electron chi connectivity index (χ2n) is 5.84. The Hall–Kier alpha value is -0.511. The third kappa shape index (κ3) is 12.6. The van der Waals surface area contributed by atoms with Gasteiger partial charge in [0.05, 0.1) is 5.75 Å². The first kappa shape index (κ1) is 22.5. The Morgan fingerprint density at radius 1 is 0.783 bits per heavy atom. The molecule has 0 aliphatic rings. The molecule has 1 radical (unpaired) electrons. The largest absolute Gasteiger partial charge is 0.382 e. The molecule has 0 atom stereocenters. The van der Waals surface area contributed by atoms with Gasteiger partial charge >= 0.3 is 10.1 Å². The van der Waals surface area contributed by atoms with Gasteiger partial charge in [-0.15, -0.1) is 0 Å². The molecule has 133 valence electrons. The molecule has 0 aromatic heterocycles. The van der Waals surface area contributed by atoms with E-state index in [0.29, 0.717) is 12.2 Å². The molecular weight excluding hydrogens is 351 g/mol. The van der Waals surface area contributed by atoms with Crippen molar-refractivity contribution in [3.63, 3.8) is 0 Å². The van der Waals surface area contributed by atoms with Crippen LogP contribution in [0.15, 0.2) is 30.3 Å². The Kier molecular flexibility index (Phi) is 13.6. The van der Waals surface area contributed by atoms with Crippen LogP contribution in [0.4, 0.5) is 0 Å². The molecule has 0 aliphatic carbocycles. The van der Waals surface area contributed by atoms with Crippen molar-refractivity contribution in [3.05, 3.63) is 30.3 Å². The smallest absolute Gasteiger partial charge is 0.309 e. The Balaban J connectivity index is 0.00000484. The third-order valence-electron chi connectivity index (χ3n) is 3.71. The number of para-hydroxylation sites is 1. The zero-order valence-electron chi connectivity index (χ0n) is 14.2. The predicted octanol–water partition coefficient (Wildman–Crippen LogP) is 5.31. The van der Waals surface area contributed by atoms with E-state index in [1.165, 1.54) is 44.9 Å². The first-order chi connectivity index (χ1) is 10.6. The van der Waals surface area contributed by atoms with E-state index in [1.54, 1.807) is 24.3 Å². The molecule has 0 unspecified atom stereocenters. The molecular formula is C18H30MnO3S. The Morgan fingerprint density at radius 3 is 1.78 bits per heavy atom. The second-order valence-corrected chi connectivity index (χ2v) is 7.53. The van der Waals surface area contributed by atoms with Crippen LogP contribution in [0, 0.1) is 0 Å². The van der Waals surface area contributed by atoms with Crippen molar-refractivity contribution < 1.29 is 29.7 Å². The van der Waals surface area contributed by atoms with Crippen LogP contribution >= 0.6 is 0 Å². The zero-order chi connectivity index (χ0) is 16.1. The summed E-state index contributed by atoms with van der Waals surface area (Å²) in [5.74, 6) is 0.507. The summed E-state index contributed by atoms with van der Waals surface area (Å²) < 4.78 is 28.7. The van der Waals surface area contributed by atoms with Crippen molar-refractivity contribution in [1.82, 2.24) is 0 Å². The molecule has 1 aromatic rings. The molecule has 0 saturated carbocycles. The van der Waals surface area contributed by atoms with Crippen LogP contribution < -0.4 is 4.18 Å². The van der Waals surface area contributed by atoms with Crippen LogP contribution in [0.3, 0.4) is 0 Å². The molecule has 1 aromatic carbocycles. The average Bonchev–Trinajstić information content (AvgIpc) is 2.49. The van der Waals surface area contributed by atoms with Gasteiger partial charge in [-0.3, -0.25) is 0 Å². The molecule has 0 fully saturated rings. The van der Waals surface area contributed by atoms with E-state index in [-0.39, 0.29) is 22.8 Å². The Bertz CT molecular complexity index is 474. The first-order valence-electron chi connectivity index (χ1n) is 8.61. The van der Waals surface area contributed by atoms with Crippen molar-refractivity contribution >= 4 is 10.1 Å². The molecule has 1 rings (SSSR count). The minimum Gasteiger partial charge on any atom is -0.382 e. The van der Waals surface area contributed by atoms with Gasteiger partial charge in [0.15, 0.2) is 0 Å². The van der Waals surface area contributed by atoms with Gasteiger partial charge in [0.2, 0.25) is 0 Å². The molecule has 0 bridgehead atoms. The van der Waals surface area contributed by atoms with Crippen LogP contribution in [0.25, 0.3) is 0 Å². The van der Waals surface area contributed by atoms with Crippen molar-refractivity contribution in [2.45, 2.75) is 71.1 Å². The molecule has 0 amide bonds. The summed E-state index contributed by atoms with van der Waals surface area (Å²) in [6.07, 6.45) is 11.9. The van der Waals surface area contributed by atoms with Crippen molar-refractivity contribution in [2.24, 2.45) is 0 Å². The fourth-order valence-corrected chi connectivity index (χ4v) is 3.48. The van der Waals surface area contributed by atoms with Crippen LogP contribution in [-0.2, 0) is 27.2 Å². The van der Waals surface area contributed by atoms with E-state index < -0.39 is 10.1 Å². The SMILES string of the molecule is CCCCCCCCCCCCS(=O)(=O)Oc1ccccc1.[Mn]. The zero-order valence-corrected chi connectivity index (χ0v) is 16.2. The van der Waals surface area contributed by atoms with E-state index in [1.807, 2.05) is 6.07 Å². The van der Waals surface area contributed by atoms with Crippen molar-refractivity contribution in [3.8, 4) is 5.75 Å². The maximum absolute atomic E-state index is 11.8. The van der Waals surface area contributed by atoms with E-state index in [0.717, 1.165) is 12.8 Å². The quantitative estimate of drug-likeness (QED) is 0.264. The molecule has 0 aliphatic heterocycles. The number of rotatable bonds is 13. The average molecular weight is 381 g/mol. The van der Waals surface area contributed by atoms with Gasteiger partial charge in [0.1, 0.15) is 5.75 Å². The number of benzene rings is 1. The summed E-state index contributed by atoms with van der Waals surface area (Å²) in [6, 6.07) is 8.70. The molecule has 3 nitrogen and oxygen atoms in total. The maximum atomic E-state index is 11.8. The summed E-state index contributed by atoms with van der Waals surface area (Å²) in [6.45, 7) is 2.23. The van der Waals surface area contributed by atoms with Crippen LogP contribution in [0.1, 0.15) is 71.1 Å². The van der Waals surface area contributed by atoms with E-state index in [2.05, 4.69) is 6.92 Å². The minimum absolute atomic E-state index is 0. The van der Waals surface area contributed by atoms with E-state index >= 15 is 0 Å². The molecule has 0 saturated heterocycles. The van der Waals surface area contributed by atoms with E-state index in [4.69, 9.17) is 4.18 Å². The van der Waals surface area contributed by atoms with Crippen LogP contribution in [-0.4, -0.2) is 14.2 Å². The van der Waals surface area contributed by atoms with Gasteiger partial charge in [-0.05, 0) is 18.6 Å². The molecule has 23 heavy (non-hydrogen) atoms. The molecule has 0 spiro atoms. The summed E-state index contributed by atoms with van der Waals surface area (Å²) >= 11 is 0. The fourth-order valence-electron chi connectivity index (χ4n) is 2.43. The van der Waals surface area contributed by atoms with Gasteiger partial charge in [-0.1, -0.05) is 82.9 Å². The van der Waals surface area contributed by atoms with Crippen molar-refractivity contribution in [2.75, 3.05) is 5.75 Å². The normalized spacial score (nSPS) is 11.0. The Morgan fingerprint density at radius 2 is 1.26 bits per heavy atom. The monoisotopic (exact) mass is 381 g/mol. The summed E-state index contributed by atoms with van der Waals surface area (Å²) in [5, 5.41) is 0. The fraction of sp³-hybridized carbons (Fsp3) is 0.667. The second kappa shape index (κ2) is 13.9. The first-order valence-corrected chi connectivity index (χ1v) is 10.2. The predicted molar refractivity (Wildman–Crippen MR) is 92.7 cm³/mol. The third-order valence-corrected chi connectivity index (χ3v) is 4.95. The standard InChI is InChI=1S/C18H30O3S.Mn/c1-2-3-4-5-6-7-8-9-10-14-17-22(19,20)21-18-15-12-11-13-16-18;/h11-13,15-16H,2-10,14,17H2,1H3;. The van der Waals surface area contributed by atoms with E-state index in [9.17, 15) is 8.42 Å². The molecule has 5 heteroatoms. The number of hydrogen-bond acceptors (Lipinski definition) is 3. The van der Waals surface area contributed by atoms with Crippen LogP contribution in [0.5, 0.6) is 5.75 Å². The maximum Gasteiger partial charge on any atom is 0.309 e. The van der Waals surface area contributed by atoms with Gasteiger partial charge in [0.25, 0.3) is 0 Å². The van der Waals surface area contributed by atoms with Gasteiger partial charge in [0, 0.05) is 17.1 Å². The van der Waals surface area contributed by atoms with Gasteiger partial charge in [-0.2, -0.15) is 8.42 Å². The summed E-state index contributed by atoms with van der Waals surface area (Å²) in [5.41, 5.74) is 0. The molecule has 0 heterocycles. The number of unbranched alkanes of at least 4 members (excludes halogenated alkanes) is 9. The minimum atomic E-state index is -3.44. The van der Waals surface area contributed by atoms with Gasteiger partial charge < -0.3 is 4.18 Å².